The van der Waals surface area contributed by atoms with Crippen LogP contribution < -0.4 is 5.32 Å². The Balaban J connectivity index is 1.48. The van der Waals surface area contributed by atoms with Crippen molar-refractivity contribution in [1.82, 2.24) is 19.5 Å². The van der Waals surface area contributed by atoms with Crippen LogP contribution in [0.1, 0.15) is 28.9 Å². The Morgan fingerprint density at radius 1 is 1.29 bits per heavy atom. The van der Waals surface area contributed by atoms with E-state index in [-0.39, 0.29) is 30.6 Å². The Bertz CT molecular complexity index is 1000. The molecule has 4 rings (SSSR count). The van der Waals surface area contributed by atoms with E-state index in [1.54, 1.807) is 10.8 Å². The predicted molar refractivity (Wildman–Crippen MR) is 96.8 cm³/mol. The summed E-state index contributed by atoms with van der Waals surface area (Å²) < 4.78 is 29.4. The number of hydrogen-bond acceptors (Lipinski definition) is 5. The summed E-state index contributed by atoms with van der Waals surface area (Å²) in [4.78, 5) is 23.5. The maximum absolute atomic E-state index is 14.2. The van der Waals surface area contributed by atoms with E-state index in [1.807, 2.05) is 0 Å². The molecule has 0 atom stereocenters. The van der Waals surface area contributed by atoms with Crippen LogP contribution in [0.2, 0.25) is 0 Å². The lowest BCUT2D eigenvalue weighted by Crippen LogP contribution is -2.49. The minimum atomic E-state index is -1.02. The van der Waals surface area contributed by atoms with Gasteiger partial charge in [0.05, 0.1) is 29.3 Å². The summed E-state index contributed by atoms with van der Waals surface area (Å²) in [5, 5.41) is 12.0. The molecule has 144 valence electrons. The fraction of sp³-hybridized carbons (Fsp3) is 0.263. The second kappa shape index (κ2) is 6.99. The molecule has 9 heteroatoms. The number of anilines is 1. The highest BCUT2D eigenvalue weighted by Crippen LogP contribution is 2.45. The van der Waals surface area contributed by atoms with Crippen LogP contribution in [0.15, 0.2) is 49.2 Å². The third-order valence-electron chi connectivity index (χ3n) is 4.95. The van der Waals surface area contributed by atoms with E-state index >= 15 is 0 Å². The van der Waals surface area contributed by atoms with Gasteiger partial charge in [-0.1, -0.05) is 0 Å². The normalized spacial score (nSPS) is 21.1. The van der Waals surface area contributed by atoms with Gasteiger partial charge in [0.15, 0.2) is 0 Å². The van der Waals surface area contributed by atoms with Crippen LogP contribution in [0.25, 0.3) is 5.69 Å². The van der Waals surface area contributed by atoms with Gasteiger partial charge in [-0.25, -0.2) is 23.5 Å². The topological polar surface area (TPSA) is 92.9 Å². The zero-order chi connectivity index (χ0) is 19.7. The lowest BCUT2D eigenvalue weighted by molar-refractivity contribution is 0.0697. The monoisotopic (exact) mass is 385 g/mol. The first-order chi connectivity index (χ1) is 13.5. The molecule has 1 aliphatic rings. The number of rotatable bonds is 6. The van der Waals surface area contributed by atoms with Crippen molar-refractivity contribution in [2.45, 2.75) is 24.4 Å². The Kier molecular flexibility index (Phi) is 4.50. The number of carboxylic acids is 1. The molecule has 3 heterocycles. The molecule has 2 N–H and O–H groups in total. The molecular weight excluding hydrogens is 368 g/mol. The quantitative estimate of drug-likeness (QED) is 0.678. The molecule has 3 aromatic heterocycles. The number of aromatic nitrogens is 4. The summed E-state index contributed by atoms with van der Waals surface area (Å²) >= 11 is 0. The van der Waals surface area contributed by atoms with Crippen molar-refractivity contribution in [3.63, 3.8) is 0 Å². The fourth-order valence-corrected chi connectivity index (χ4v) is 3.46. The minimum absolute atomic E-state index is 0.160. The molecule has 3 aromatic rings. The number of hydrogen-bond donors (Lipinski definition) is 2. The van der Waals surface area contributed by atoms with Gasteiger partial charge < -0.3 is 15.0 Å². The fourth-order valence-electron chi connectivity index (χ4n) is 3.46. The van der Waals surface area contributed by atoms with Gasteiger partial charge in [-0.3, -0.25) is 4.98 Å². The first-order valence-corrected chi connectivity index (χ1v) is 8.69. The maximum atomic E-state index is 14.2. The highest BCUT2D eigenvalue weighted by Gasteiger charge is 2.48. The van der Waals surface area contributed by atoms with Crippen molar-refractivity contribution in [1.29, 1.82) is 0 Å². The highest BCUT2D eigenvalue weighted by atomic mass is 19.1. The van der Waals surface area contributed by atoms with Crippen LogP contribution in [0.3, 0.4) is 0 Å². The van der Waals surface area contributed by atoms with Crippen molar-refractivity contribution >= 4 is 11.9 Å². The van der Waals surface area contributed by atoms with Crippen molar-refractivity contribution in [3.05, 3.63) is 66.3 Å². The van der Waals surface area contributed by atoms with Gasteiger partial charge in [0.1, 0.15) is 12.0 Å². The Labute approximate surface area is 159 Å². The van der Waals surface area contributed by atoms with Crippen molar-refractivity contribution in [2.24, 2.45) is 0 Å². The van der Waals surface area contributed by atoms with Crippen LogP contribution in [0.4, 0.5) is 14.7 Å². The summed E-state index contributed by atoms with van der Waals surface area (Å²) in [6.07, 6.45) is 7.03. The van der Waals surface area contributed by atoms with Crippen molar-refractivity contribution in [3.8, 4) is 5.69 Å². The average molecular weight is 385 g/mol. The number of carboxylic acid groups (broad SMARTS) is 1. The molecular formula is C19H17F2N5O2. The predicted octanol–water partition coefficient (Wildman–Crippen LogP) is 2.98. The van der Waals surface area contributed by atoms with Gasteiger partial charge in [-0.15, -0.1) is 0 Å². The van der Waals surface area contributed by atoms with E-state index < -0.39 is 23.4 Å². The number of pyridine rings is 1. The first kappa shape index (κ1) is 18.0. The second-order valence-electron chi connectivity index (χ2n) is 6.85. The molecule has 0 aliphatic heterocycles. The van der Waals surface area contributed by atoms with Gasteiger partial charge >= 0.3 is 5.97 Å². The number of aromatic carboxylic acids is 1. The van der Waals surface area contributed by atoms with E-state index in [1.165, 1.54) is 43.0 Å². The standard InChI is InChI=1S/C19H17F2N5O2/c20-13-6-19(7-13,16-15(21)2-1-4-22-16)11-25-18-23-8-14(9-24-18)26-5-3-12(10-26)17(27)28/h1-5,8-10,13H,6-7,11H2,(H,27,28)(H,23,24,25)/t13-,19-. The molecule has 1 aliphatic carbocycles. The summed E-state index contributed by atoms with van der Waals surface area (Å²) in [7, 11) is 0. The Morgan fingerprint density at radius 3 is 2.64 bits per heavy atom. The highest BCUT2D eigenvalue weighted by molar-refractivity contribution is 5.87. The van der Waals surface area contributed by atoms with E-state index in [4.69, 9.17) is 5.11 Å². The molecule has 0 saturated heterocycles. The zero-order valence-electron chi connectivity index (χ0n) is 14.7. The molecule has 0 amide bonds. The number of alkyl halides is 1. The molecule has 0 spiro atoms. The smallest absolute Gasteiger partial charge is 0.337 e. The summed E-state index contributed by atoms with van der Waals surface area (Å²) in [6, 6.07) is 4.30. The van der Waals surface area contributed by atoms with E-state index in [0.29, 0.717) is 11.6 Å². The van der Waals surface area contributed by atoms with Crippen LogP contribution in [0.5, 0.6) is 0 Å². The molecule has 0 aromatic carbocycles. The third kappa shape index (κ3) is 3.30. The Hall–Kier alpha value is -3.36. The largest absolute Gasteiger partial charge is 0.478 e. The molecule has 0 bridgehead atoms. The van der Waals surface area contributed by atoms with Crippen molar-refractivity contribution < 1.29 is 18.7 Å². The van der Waals surface area contributed by atoms with Crippen LogP contribution >= 0.6 is 0 Å². The molecule has 0 unspecified atom stereocenters. The SMILES string of the molecule is O=C(O)c1ccn(-c2cnc(NC[C@]3(c4ncccc4F)C[C@H](F)C3)nc2)c1. The number of nitrogens with one attached hydrogen (secondary N) is 1. The van der Waals surface area contributed by atoms with Crippen LogP contribution in [-0.4, -0.2) is 43.3 Å². The molecule has 1 fully saturated rings. The van der Waals surface area contributed by atoms with E-state index in [0.717, 1.165) is 0 Å². The summed E-state index contributed by atoms with van der Waals surface area (Å²) in [5.41, 5.74) is 0.272. The number of carbonyl (C=O) groups is 1. The molecule has 0 radical (unpaired) electrons. The van der Waals surface area contributed by atoms with Gasteiger partial charge in [-0.2, -0.15) is 0 Å². The lowest BCUT2D eigenvalue weighted by Gasteiger charge is -2.43. The molecule has 1 saturated carbocycles. The van der Waals surface area contributed by atoms with E-state index in [9.17, 15) is 13.6 Å². The average Bonchev–Trinajstić information content (AvgIpc) is 3.16. The van der Waals surface area contributed by atoms with Gasteiger partial charge in [0.2, 0.25) is 5.95 Å². The lowest BCUT2D eigenvalue weighted by atomic mass is 9.65. The maximum Gasteiger partial charge on any atom is 0.337 e. The van der Waals surface area contributed by atoms with Gasteiger partial charge in [-0.05, 0) is 31.0 Å². The van der Waals surface area contributed by atoms with Gasteiger partial charge in [0, 0.05) is 30.6 Å². The summed E-state index contributed by atoms with van der Waals surface area (Å²) in [6.45, 7) is 0.257. The minimum Gasteiger partial charge on any atom is -0.478 e. The zero-order valence-corrected chi connectivity index (χ0v) is 14.7. The van der Waals surface area contributed by atoms with Crippen LogP contribution in [0, 0.1) is 5.82 Å². The van der Waals surface area contributed by atoms with Crippen molar-refractivity contribution in [2.75, 3.05) is 11.9 Å². The molecule has 28 heavy (non-hydrogen) atoms. The first-order valence-electron chi connectivity index (χ1n) is 8.69. The van der Waals surface area contributed by atoms with Gasteiger partial charge in [0.25, 0.3) is 0 Å². The molecule has 7 nitrogen and oxygen atoms in total. The number of halogens is 2. The van der Waals surface area contributed by atoms with Crippen LogP contribution in [-0.2, 0) is 5.41 Å². The summed E-state index contributed by atoms with van der Waals surface area (Å²) in [5.74, 6) is -1.15. The second-order valence-corrected chi connectivity index (χ2v) is 6.85. The number of nitrogens with zero attached hydrogens (tertiary/aromatic N) is 4. The Morgan fingerprint density at radius 2 is 2.04 bits per heavy atom. The third-order valence-corrected chi connectivity index (χ3v) is 4.95. The van der Waals surface area contributed by atoms with E-state index in [2.05, 4.69) is 20.3 Å².